The highest BCUT2D eigenvalue weighted by molar-refractivity contribution is 5.39. The molecule has 0 aliphatic heterocycles. The van der Waals surface area contributed by atoms with Crippen molar-refractivity contribution in [2.45, 2.75) is 85.0 Å². The molecule has 0 amide bonds. The lowest BCUT2D eigenvalue weighted by molar-refractivity contribution is 0.463. The van der Waals surface area contributed by atoms with Crippen LogP contribution in [0, 0.1) is 5.92 Å². The highest BCUT2D eigenvalue weighted by Gasteiger charge is 2.08. The zero-order chi connectivity index (χ0) is 15.5. The Kier molecular flexibility index (Phi) is 9.21. The molecular formula is C20H34O. The SMILES string of the molecule is CCCCCCCCCCc1c(O)cccc1CC(C)C. The van der Waals surface area contributed by atoms with Gasteiger partial charge in [0.25, 0.3) is 0 Å². The molecule has 120 valence electrons. The number of unbranched alkanes of at least 4 members (excludes halogenated alkanes) is 7. The van der Waals surface area contributed by atoms with Crippen molar-refractivity contribution >= 4 is 0 Å². The van der Waals surface area contributed by atoms with Crippen LogP contribution >= 0.6 is 0 Å². The van der Waals surface area contributed by atoms with E-state index in [1.165, 1.54) is 62.5 Å². The third kappa shape index (κ3) is 7.55. The van der Waals surface area contributed by atoms with Gasteiger partial charge in [0.05, 0.1) is 0 Å². The summed E-state index contributed by atoms with van der Waals surface area (Å²) in [6.07, 6.45) is 12.8. The average molecular weight is 290 g/mol. The average Bonchev–Trinajstić information content (AvgIpc) is 2.43. The maximum Gasteiger partial charge on any atom is 0.119 e. The van der Waals surface area contributed by atoms with Gasteiger partial charge in [0.2, 0.25) is 0 Å². The molecule has 1 N–H and O–H groups in total. The van der Waals surface area contributed by atoms with Gasteiger partial charge in [-0.2, -0.15) is 0 Å². The van der Waals surface area contributed by atoms with E-state index in [-0.39, 0.29) is 0 Å². The topological polar surface area (TPSA) is 20.2 Å². The Hall–Kier alpha value is -0.980. The van der Waals surface area contributed by atoms with E-state index in [1.54, 1.807) is 0 Å². The molecule has 0 saturated heterocycles. The van der Waals surface area contributed by atoms with Crippen LogP contribution in [0.5, 0.6) is 5.75 Å². The molecule has 0 unspecified atom stereocenters. The van der Waals surface area contributed by atoms with Crippen LogP contribution in [0.2, 0.25) is 0 Å². The lowest BCUT2D eigenvalue weighted by atomic mass is 9.94. The second-order valence-electron chi connectivity index (χ2n) is 6.74. The number of rotatable bonds is 11. The fourth-order valence-corrected chi connectivity index (χ4v) is 2.98. The third-order valence-electron chi connectivity index (χ3n) is 4.16. The molecule has 0 heterocycles. The lowest BCUT2D eigenvalue weighted by Gasteiger charge is -2.13. The van der Waals surface area contributed by atoms with Gasteiger partial charge >= 0.3 is 0 Å². The van der Waals surface area contributed by atoms with E-state index >= 15 is 0 Å². The zero-order valence-corrected chi connectivity index (χ0v) is 14.3. The van der Waals surface area contributed by atoms with Gasteiger partial charge in [-0.3, -0.25) is 0 Å². The van der Waals surface area contributed by atoms with Crippen molar-refractivity contribution in [1.82, 2.24) is 0 Å². The first-order valence-corrected chi connectivity index (χ1v) is 8.94. The molecule has 0 aromatic heterocycles. The van der Waals surface area contributed by atoms with Crippen LogP contribution in [0.15, 0.2) is 18.2 Å². The molecule has 0 saturated carbocycles. The summed E-state index contributed by atoms with van der Waals surface area (Å²) in [6, 6.07) is 5.99. The van der Waals surface area contributed by atoms with E-state index in [1.807, 2.05) is 12.1 Å². The first kappa shape index (κ1) is 18.1. The Bertz CT molecular complexity index is 381. The molecule has 0 atom stereocenters. The quantitative estimate of drug-likeness (QED) is 0.476. The molecule has 1 rings (SSSR count). The fourth-order valence-electron chi connectivity index (χ4n) is 2.98. The Morgan fingerprint density at radius 1 is 0.905 bits per heavy atom. The van der Waals surface area contributed by atoms with E-state index in [0.717, 1.165) is 12.8 Å². The minimum absolute atomic E-state index is 0.496. The monoisotopic (exact) mass is 290 g/mol. The molecule has 0 bridgehead atoms. The van der Waals surface area contributed by atoms with Crippen LogP contribution in [0.1, 0.15) is 83.3 Å². The zero-order valence-electron chi connectivity index (χ0n) is 14.3. The summed E-state index contributed by atoms with van der Waals surface area (Å²) in [4.78, 5) is 0. The smallest absolute Gasteiger partial charge is 0.119 e. The maximum absolute atomic E-state index is 10.1. The minimum Gasteiger partial charge on any atom is -0.508 e. The number of hydrogen-bond acceptors (Lipinski definition) is 1. The first-order valence-electron chi connectivity index (χ1n) is 8.94. The largest absolute Gasteiger partial charge is 0.508 e. The highest BCUT2D eigenvalue weighted by atomic mass is 16.3. The summed E-state index contributed by atoms with van der Waals surface area (Å²) in [7, 11) is 0. The van der Waals surface area contributed by atoms with Crippen LogP contribution in [0.25, 0.3) is 0 Å². The van der Waals surface area contributed by atoms with Crippen molar-refractivity contribution in [3.63, 3.8) is 0 Å². The van der Waals surface area contributed by atoms with Crippen LogP contribution in [0.3, 0.4) is 0 Å². The van der Waals surface area contributed by atoms with Gasteiger partial charge in [-0.05, 0) is 42.4 Å². The molecule has 0 fully saturated rings. The van der Waals surface area contributed by atoms with Crippen molar-refractivity contribution in [2.24, 2.45) is 5.92 Å². The van der Waals surface area contributed by atoms with Crippen LogP contribution < -0.4 is 0 Å². The number of hydrogen-bond donors (Lipinski definition) is 1. The maximum atomic E-state index is 10.1. The fraction of sp³-hybridized carbons (Fsp3) is 0.700. The van der Waals surface area contributed by atoms with E-state index in [9.17, 15) is 5.11 Å². The summed E-state index contributed by atoms with van der Waals surface area (Å²) in [6.45, 7) is 6.75. The van der Waals surface area contributed by atoms with Gasteiger partial charge in [-0.1, -0.05) is 77.8 Å². The van der Waals surface area contributed by atoms with Crippen molar-refractivity contribution in [3.05, 3.63) is 29.3 Å². The van der Waals surface area contributed by atoms with Gasteiger partial charge in [0.1, 0.15) is 5.75 Å². The number of aromatic hydroxyl groups is 1. The van der Waals surface area contributed by atoms with Crippen LogP contribution in [-0.2, 0) is 12.8 Å². The normalized spacial score (nSPS) is 11.2. The summed E-state index contributed by atoms with van der Waals surface area (Å²) in [5.74, 6) is 1.14. The molecule has 1 aromatic rings. The summed E-state index contributed by atoms with van der Waals surface area (Å²) in [5.41, 5.74) is 2.53. The van der Waals surface area contributed by atoms with Gasteiger partial charge in [-0.15, -0.1) is 0 Å². The Morgan fingerprint density at radius 3 is 2.14 bits per heavy atom. The van der Waals surface area contributed by atoms with Crippen LogP contribution in [-0.4, -0.2) is 5.11 Å². The summed E-state index contributed by atoms with van der Waals surface area (Å²) in [5, 5.41) is 10.1. The number of phenolic OH excluding ortho intramolecular Hbond substituents is 1. The van der Waals surface area contributed by atoms with Crippen molar-refractivity contribution in [2.75, 3.05) is 0 Å². The predicted octanol–water partition coefficient (Wildman–Crippen LogP) is 6.27. The van der Waals surface area contributed by atoms with Gasteiger partial charge in [0, 0.05) is 0 Å². The Morgan fingerprint density at radius 2 is 1.52 bits per heavy atom. The molecular weight excluding hydrogens is 256 g/mol. The number of benzene rings is 1. The standard InChI is InChI=1S/C20H34O/c1-4-5-6-7-8-9-10-11-14-19-18(16-17(2)3)13-12-15-20(19)21/h12-13,15,17,21H,4-11,14,16H2,1-3H3. The lowest BCUT2D eigenvalue weighted by Crippen LogP contribution is -2.00. The molecule has 1 nitrogen and oxygen atoms in total. The molecule has 0 aliphatic carbocycles. The van der Waals surface area contributed by atoms with E-state index in [2.05, 4.69) is 26.8 Å². The second kappa shape index (κ2) is 10.7. The third-order valence-corrected chi connectivity index (χ3v) is 4.16. The highest BCUT2D eigenvalue weighted by Crippen LogP contribution is 2.25. The molecule has 1 heteroatoms. The Labute approximate surface area is 131 Å². The number of phenols is 1. The van der Waals surface area contributed by atoms with Crippen molar-refractivity contribution in [3.8, 4) is 5.75 Å². The summed E-state index contributed by atoms with van der Waals surface area (Å²) < 4.78 is 0. The molecule has 21 heavy (non-hydrogen) atoms. The summed E-state index contributed by atoms with van der Waals surface area (Å²) >= 11 is 0. The first-order chi connectivity index (χ1) is 10.1. The van der Waals surface area contributed by atoms with E-state index in [0.29, 0.717) is 11.7 Å². The molecule has 0 aliphatic rings. The van der Waals surface area contributed by atoms with Crippen molar-refractivity contribution < 1.29 is 5.11 Å². The van der Waals surface area contributed by atoms with Crippen LogP contribution in [0.4, 0.5) is 0 Å². The van der Waals surface area contributed by atoms with Gasteiger partial charge in [0.15, 0.2) is 0 Å². The van der Waals surface area contributed by atoms with Gasteiger partial charge < -0.3 is 5.11 Å². The molecule has 0 radical (unpaired) electrons. The second-order valence-corrected chi connectivity index (χ2v) is 6.74. The predicted molar refractivity (Wildman–Crippen MR) is 93.0 cm³/mol. The minimum atomic E-state index is 0.496. The van der Waals surface area contributed by atoms with Crippen molar-refractivity contribution in [1.29, 1.82) is 0 Å². The molecule has 0 spiro atoms. The van der Waals surface area contributed by atoms with E-state index in [4.69, 9.17) is 0 Å². The Balaban J connectivity index is 2.31. The molecule has 1 aromatic carbocycles. The van der Waals surface area contributed by atoms with Gasteiger partial charge in [-0.25, -0.2) is 0 Å². The van der Waals surface area contributed by atoms with E-state index < -0.39 is 0 Å².